The maximum Gasteiger partial charge on any atom is 0.251 e. The molecule has 25 heavy (non-hydrogen) atoms. The van der Waals surface area contributed by atoms with Gasteiger partial charge >= 0.3 is 0 Å². The summed E-state index contributed by atoms with van der Waals surface area (Å²) in [6, 6.07) is 4.85. The lowest BCUT2D eigenvalue weighted by Gasteiger charge is -2.38. The van der Waals surface area contributed by atoms with Crippen LogP contribution in [0.1, 0.15) is 32.1 Å². The third kappa shape index (κ3) is 2.87. The molecule has 0 aromatic heterocycles. The molecule has 1 aromatic rings. The molecular formula is C18H22N2O5. The van der Waals surface area contributed by atoms with E-state index in [-0.39, 0.29) is 37.7 Å². The van der Waals surface area contributed by atoms with Gasteiger partial charge in [0.15, 0.2) is 11.5 Å². The van der Waals surface area contributed by atoms with Crippen molar-refractivity contribution in [2.24, 2.45) is 0 Å². The number of hydrogen-bond acceptors (Lipinski definition) is 6. The van der Waals surface area contributed by atoms with Crippen molar-refractivity contribution in [1.82, 2.24) is 4.90 Å². The fourth-order valence-corrected chi connectivity index (χ4v) is 4.06. The average Bonchev–Trinajstić information content (AvgIpc) is 3.19. The Bertz CT molecular complexity index is 690. The van der Waals surface area contributed by atoms with E-state index in [0.29, 0.717) is 23.6 Å². The number of carbonyl (C=O) groups is 2. The van der Waals surface area contributed by atoms with Crippen LogP contribution in [0.2, 0.25) is 0 Å². The molecule has 2 saturated heterocycles. The first-order valence-corrected chi connectivity index (χ1v) is 8.82. The molecule has 2 atom stereocenters. The number of carbonyl (C=O) groups excluding carboxylic acids is 2. The van der Waals surface area contributed by atoms with Crippen LogP contribution >= 0.6 is 0 Å². The van der Waals surface area contributed by atoms with Crippen LogP contribution in [-0.4, -0.2) is 53.8 Å². The number of hydrogen-bond donors (Lipinski definition) is 1. The van der Waals surface area contributed by atoms with E-state index in [1.54, 1.807) is 18.2 Å². The topological polar surface area (TPSA) is 79.3 Å². The van der Waals surface area contributed by atoms with E-state index in [1.165, 1.54) is 4.90 Å². The van der Waals surface area contributed by atoms with Crippen molar-refractivity contribution < 1.29 is 24.2 Å². The smallest absolute Gasteiger partial charge is 0.251 e. The maximum atomic E-state index is 13.0. The number of fused-ring (bicyclic) bond motifs is 1. The van der Waals surface area contributed by atoms with E-state index in [2.05, 4.69) is 4.90 Å². The highest BCUT2D eigenvalue weighted by Gasteiger charge is 2.45. The molecule has 0 radical (unpaired) electrons. The summed E-state index contributed by atoms with van der Waals surface area (Å²) in [5.74, 6) is 0.798. The highest BCUT2D eigenvalue weighted by molar-refractivity contribution is 6.22. The van der Waals surface area contributed by atoms with Gasteiger partial charge in [-0.25, -0.2) is 4.90 Å². The van der Waals surface area contributed by atoms with E-state index in [9.17, 15) is 14.7 Å². The number of imide groups is 1. The van der Waals surface area contributed by atoms with Gasteiger partial charge in [0.25, 0.3) is 5.91 Å². The summed E-state index contributed by atoms with van der Waals surface area (Å²) in [5, 5.41) is 9.30. The molecule has 0 bridgehead atoms. The summed E-state index contributed by atoms with van der Waals surface area (Å²) in [6.45, 7) is 1.05. The second kappa shape index (κ2) is 6.65. The minimum Gasteiger partial charge on any atom is -0.454 e. The van der Waals surface area contributed by atoms with E-state index >= 15 is 0 Å². The minimum absolute atomic E-state index is 0.0991. The first-order chi connectivity index (χ1) is 12.2. The average molecular weight is 346 g/mol. The van der Waals surface area contributed by atoms with Crippen LogP contribution in [0, 0.1) is 0 Å². The number of ether oxygens (including phenoxy) is 2. The normalized spacial score (nSPS) is 26.5. The molecule has 2 unspecified atom stereocenters. The number of benzene rings is 1. The van der Waals surface area contributed by atoms with Gasteiger partial charge in [0.05, 0.1) is 18.2 Å². The Morgan fingerprint density at radius 1 is 1.16 bits per heavy atom. The molecule has 1 N–H and O–H groups in total. The molecular weight excluding hydrogens is 324 g/mol. The quantitative estimate of drug-likeness (QED) is 0.828. The van der Waals surface area contributed by atoms with Crippen molar-refractivity contribution >= 4 is 17.5 Å². The first kappa shape index (κ1) is 16.4. The number of likely N-dealkylation sites (tertiary alicyclic amines) is 1. The third-order valence-corrected chi connectivity index (χ3v) is 5.27. The lowest BCUT2D eigenvalue weighted by molar-refractivity contribution is -0.123. The maximum absolute atomic E-state index is 13.0. The minimum atomic E-state index is -0.435. The summed E-state index contributed by atoms with van der Waals surface area (Å²) in [5.41, 5.74) is 0.525. The standard InChI is InChI=1S/C18H22N2O5/c21-8-6-12-3-1-2-7-19(12)14-10-17(22)20(18(14)23)13-4-5-15-16(9-13)25-11-24-15/h4-5,9,12,14,21H,1-3,6-8,10-11H2. The van der Waals surface area contributed by atoms with Gasteiger partial charge in [-0.15, -0.1) is 0 Å². The van der Waals surface area contributed by atoms with Crippen LogP contribution in [0.15, 0.2) is 18.2 Å². The summed E-state index contributed by atoms with van der Waals surface area (Å²) in [4.78, 5) is 28.9. The van der Waals surface area contributed by atoms with E-state index in [1.807, 2.05) is 0 Å². The molecule has 0 aliphatic carbocycles. The Labute approximate surface area is 146 Å². The molecule has 4 rings (SSSR count). The largest absolute Gasteiger partial charge is 0.454 e. The fraction of sp³-hybridized carbons (Fsp3) is 0.556. The molecule has 3 heterocycles. The number of aliphatic hydroxyl groups excluding tert-OH is 1. The summed E-state index contributed by atoms with van der Waals surface area (Å²) >= 11 is 0. The Hall–Kier alpha value is -2.12. The van der Waals surface area contributed by atoms with Gasteiger partial charge in [0.1, 0.15) is 0 Å². The fourth-order valence-electron chi connectivity index (χ4n) is 4.06. The Kier molecular flexibility index (Phi) is 4.35. The molecule has 1 aromatic carbocycles. The summed E-state index contributed by atoms with van der Waals surface area (Å²) in [7, 11) is 0. The van der Waals surface area contributed by atoms with Crippen LogP contribution in [-0.2, 0) is 9.59 Å². The van der Waals surface area contributed by atoms with Crippen LogP contribution in [0.25, 0.3) is 0 Å². The molecule has 3 aliphatic rings. The Balaban J connectivity index is 1.57. The van der Waals surface area contributed by atoms with Gasteiger partial charge < -0.3 is 14.6 Å². The Morgan fingerprint density at radius 2 is 2.00 bits per heavy atom. The molecule has 0 saturated carbocycles. The van der Waals surface area contributed by atoms with Crippen LogP contribution in [0.5, 0.6) is 11.5 Å². The van der Waals surface area contributed by atoms with Crippen molar-refractivity contribution in [2.75, 3.05) is 24.8 Å². The van der Waals surface area contributed by atoms with Crippen LogP contribution in [0.4, 0.5) is 5.69 Å². The second-order valence-corrected chi connectivity index (χ2v) is 6.72. The van der Waals surface area contributed by atoms with Crippen LogP contribution < -0.4 is 14.4 Å². The number of aliphatic hydroxyl groups is 1. The van der Waals surface area contributed by atoms with Crippen molar-refractivity contribution in [3.05, 3.63) is 18.2 Å². The zero-order valence-corrected chi connectivity index (χ0v) is 14.0. The van der Waals surface area contributed by atoms with Gasteiger partial charge in [-0.05, 0) is 37.9 Å². The number of rotatable bonds is 4. The van der Waals surface area contributed by atoms with Gasteiger partial charge in [-0.1, -0.05) is 6.42 Å². The van der Waals surface area contributed by atoms with Gasteiger partial charge in [0.2, 0.25) is 12.7 Å². The zero-order valence-electron chi connectivity index (χ0n) is 14.0. The molecule has 134 valence electrons. The van der Waals surface area contributed by atoms with Crippen molar-refractivity contribution in [3.8, 4) is 11.5 Å². The number of nitrogens with zero attached hydrogens (tertiary/aromatic N) is 2. The lowest BCUT2D eigenvalue weighted by Crippen LogP contribution is -2.50. The predicted molar refractivity (Wildman–Crippen MR) is 89.5 cm³/mol. The number of anilines is 1. The second-order valence-electron chi connectivity index (χ2n) is 6.72. The highest BCUT2D eigenvalue weighted by Crippen LogP contribution is 2.38. The van der Waals surface area contributed by atoms with Crippen molar-refractivity contribution in [1.29, 1.82) is 0 Å². The summed E-state index contributed by atoms with van der Waals surface area (Å²) < 4.78 is 10.6. The van der Waals surface area contributed by atoms with E-state index < -0.39 is 6.04 Å². The van der Waals surface area contributed by atoms with E-state index in [4.69, 9.17) is 9.47 Å². The van der Waals surface area contributed by atoms with Gasteiger partial charge in [0, 0.05) is 18.7 Å². The molecule has 2 fully saturated rings. The number of amides is 2. The van der Waals surface area contributed by atoms with E-state index in [0.717, 1.165) is 25.8 Å². The molecule has 0 spiro atoms. The van der Waals surface area contributed by atoms with Gasteiger partial charge in [-0.3, -0.25) is 14.5 Å². The highest BCUT2D eigenvalue weighted by atomic mass is 16.7. The SMILES string of the molecule is O=C1CC(N2CCCCC2CCO)C(=O)N1c1ccc2c(c1)OCO2. The van der Waals surface area contributed by atoms with Gasteiger partial charge in [-0.2, -0.15) is 0 Å². The third-order valence-electron chi connectivity index (χ3n) is 5.27. The Morgan fingerprint density at radius 3 is 2.84 bits per heavy atom. The predicted octanol–water partition coefficient (Wildman–Crippen LogP) is 1.28. The lowest BCUT2D eigenvalue weighted by atomic mass is 9.97. The van der Waals surface area contributed by atoms with Crippen LogP contribution in [0.3, 0.4) is 0 Å². The monoisotopic (exact) mass is 346 g/mol. The van der Waals surface area contributed by atoms with Crippen molar-refractivity contribution in [3.63, 3.8) is 0 Å². The number of piperidine rings is 1. The molecule has 2 amide bonds. The molecule has 3 aliphatic heterocycles. The molecule has 7 heteroatoms. The summed E-state index contributed by atoms with van der Waals surface area (Å²) in [6.07, 6.45) is 3.91. The first-order valence-electron chi connectivity index (χ1n) is 8.82. The van der Waals surface area contributed by atoms with Crippen molar-refractivity contribution in [2.45, 2.75) is 44.2 Å². The molecule has 7 nitrogen and oxygen atoms in total. The zero-order chi connectivity index (χ0) is 17.4.